The third-order valence-corrected chi connectivity index (χ3v) is 5.46. The number of anilines is 1. The fraction of sp³-hybridized carbons (Fsp3) is 0.240. The van der Waals surface area contributed by atoms with E-state index in [1.54, 1.807) is 24.9 Å². The third-order valence-electron chi connectivity index (χ3n) is 5.46. The number of amides is 1. The lowest BCUT2D eigenvalue weighted by Crippen LogP contribution is -2.43. The van der Waals surface area contributed by atoms with E-state index in [1.165, 1.54) is 0 Å². The van der Waals surface area contributed by atoms with Crippen molar-refractivity contribution >= 4 is 17.6 Å². The number of hydrogen-bond donors (Lipinski definition) is 0. The van der Waals surface area contributed by atoms with Gasteiger partial charge in [-0.15, -0.1) is 0 Å². The minimum Gasteiger partial charge on any atom is -0.459 e. The van der Waals surface area contributed by atoms with E-state index in [-0.39, 0.29) is 18.3 Å². The SMILES string of the molecule is CC1(C)OC(=O)CC1C(=O)N(Cc1ccccn1)c1cccc(-c2ccccc2)c1. The Morgan fingerprint density at radius 1 is 1.03 bits per heavy atom. The molecule has 0 aliphatic carbocycles. The van der Waals surface area contributed by atoms with Crippen molar-refractivity contribution in [3.8, 4) is 11.1 Å². The van der Waals surface area contributed by atoms with Crippen molar-refractivity contribution in [2.45, 2.75) is 32.4 Å². The molecule has 1 aliphatic heterocycles. The third kappa shape index (κ3) is 4.10. The first-order valence-corrected chi connectivity index (χ1v) is 10.0. The molecule has 3 aromatic rings. The monoisotopic (exact) mass is 400 g/mol. The molecule has 0 saturated carbocycles. The maximum atomic E-state index is 13.6. The van der Waals surface area contributed by atoms with Gasteiger partial charge in [-0.3, -0.25) is 14.6 Å². The van der Waals surface area contributed by atoms with Crippen molar-refractivity contribution in [1.82, 2.24) is 4.98 Å². The van der Waals surface area contributed by atoms with Crippen LogP contribution >= 0.6 is 0 Å². The number of esters is 1. The first kappa shape index (κ1) is 19.8. The average Bonchev–Trinajstić information content (AvgIpc) is 3.05. The highest BCUT2D eigenvalue weighted by Crippen LogP contribution is 2.36. The van der Waals surface area contributed by atoms with Gasteiger partial charge in [0, 0.05) is 11.9 Å². The van der Waals surface area contributed by atoms with Crippen LogP contribution in [-0.2, 0) is 20.9 Å². The summed E-state index contributed by atoms with van der Waals surface area (Å²) in [6.45, 7) is 3.90. The van der Waals surface area contributed by atoms with Gasteiger partial charge in [0.2, 0.25) is 5.91 Å². The molecule has 0 bridgehead atoms. The van der Waals surface area contributed by atoms with E-state index in [2.05, 4.69) is 4.98 Å². The Morgan fingerprint density at radius 3 is 2.43 bits per heavy atom. The first-order valence-electron chi connectivity index (χ1n) is 10.0. The summed E-state index contributed by atoms with van der Waals surface area (Å²) in [5, 5.41) is 0. The van der Waals surface area contributed by atoms with Crippen LogP contribution in [-0.4, -0.2) is 22.5 Å². The Morgan fingerprint density at radius 2 is 1.77 bits per heavy atom. The lowest BCUT2D eigenvalue weighted by molar-refractivity contribution is -0.147. The molecule has 5 nitrogen and oxygen atoms in total. The normalized spacial score (nSPS) is 17.4. The Labute approximate surface area is 176 Å². The van der Waals surface area contributed by atoms with Crippen LogP contribution in [0.15, 0.2) is 79.0 Å². The number of pyridine rings is 1. The molecule has 5 heteroatoms. The number of carbonyl (C=O) groups is 2. The number of benzene rings is 2. The van der Waals surface area contributed by atoms with Crippen LogP contribution < -0.4 is 4.90 Å². The second kappa shape index (κ2) is 8.11. The summed E-state index contributed by atoms with van der Waals surface area (Å²) in [7, 11) is 0. The molecule has 1 unspecified atom stereocenters. The molecule has 0 radical (unpaired) electrons. The van der Waals surface area contributed by atoms with Crippen molar-refractivity contribution in [3.63, 3.8) is 0 Å². The molecule has 0 spiro atoms. The smallest absolute Gasteiger partial charge is 0.307 e. The molecule has 4 rings (SSSR count). The van der Waals surface area contributed by atoms with Crippen LogP contribution in [0.4, 0.5) is 5.69 Å². The molecular formula is C25H24N2O3. The number of cyclic esters (lactones) is 1. The van der Waals surface area contributed by atoms with Gasteiger partial charge in [-0.05, 0) is 49.2 Å². The predicted octanol–water partition coefficient (Wildman–Crippen LogP) is 4.62. The quantitative estimate of drug-likeness (QED) is 0.586. The zero-order valence-electron chi connectivity index (χ0n) is 17.1. The van der Waals surface area contributed by atoms with Crippen LogP contribution in [0.3, 0.4) is 0 Å². The van der Waals surface area contributed by atoms with Crippen LogP contribution in [0.1, 0.15) is 26.0 Å². The summed E-state index contributed by atoms with van der Waals surface area (Å²) in [6, 6.07) is 23.5. The summed E-state index contributed by atoms with van der Waals surface area (Å²) >= 11 is 0. The largest absolute Gasteiger partial charge is 0.459 e. The molecule has 1 saturated heterocycles. The summed E-state index contributed by atoms with van der Waals surface area (Å²) in [5.74, 6) is -1.02. The number of rotatable bonds is 5. The zero-order chi connectivity index (χ0) is 21.1. The molecule has 2 aromatic carbocycles. The fourth-order valence-electron chi connectivity index (χ4n) is 3.83. The number of hydrogen-bond acceptors (Lipinski definition) is 4. The van der Waals surface area contributed by atoms with Crippen molar-refractivity contribution < 1.29 is 14.3 Å². The van der Waals surface area contributed by atoms with Gasteiger partial charge in [-0.25, -0.2) is 0 Å². The van der Waals surface area contributed by atoms with E-state index in [0.29, 0.717) is 6.54 Å². The van der Waals surface area contributed by atoms with E-state index >= 15 is 0 Å². The van der Waals surface area contributed by atoms with Gasteiger partial charge in [0.15, 0.2) is 0 Å². The number of nitrogens with zero attached hydrogens (tertiary/aromatic N) is 2. The minimum atomic E-state index is -0.840. The molecule has 1 atom stereocenters. The van der Waals surface area contributed by atoms with Gasteiger partial charge >= 0.3 is 5.97 Å². The summed E-state index contributed by atoms with van der Waals surface area (Å²) in [6.07, 6.45) is 1.80. The molecule has 1 fully saturated rings. The van der Waals surface area contributed by atoms with Crippen molar-refractivity contribution in [3.05, 3.63) is 84.7 Å². The van der Waals surface area contributed by atoms with Gasteiger partial charge in [-0.2, -0.15) is 0 Å². The van der Waals surface area contributed by atoms with Crippen LogP contribution in [0.2, 0.25) is 0 Å². The van der Waals surface area contributed by atoms with Gasteiger partial charge in [0.25, 0.3) is 0 Å². The summed E-state index contributed by atoms with van der Waals surface area (Å²) < 4.78 is 5.41. The number of ether oxygens (including phenoxy) is 1. The average molecular weight is 400 g/mol. The van der Waals surface area contributed by atoms with Gasteiger partial charge in [-0.1, -0.05) is 48.5 Å². The molecule has 0 N–H and O–H groups in total. The van der Waals surface area contributed by atoms with E-state index < -0.39 is 11.5 Å². The van der Waals surface area contributed by atoms with Crippen molar-refractivity contribution in [2.24, 2.45) is 5.92 Å². The fourth-order valence-corrected chi connectivity index (χ4v) is 3.83. The maximum absolute atomic E-state index is 13.6. The molecule has 1 aliphatic rings. The van der Waals surface area contributed by atoms with Gasteiger partial charge in [0.05, 0.1) is 24.6 Å². The summed E-state index contributed by atoms with van der Waals surface area (Å²) in [5.41, 5.74) is 2.79. The minimum absolute atomic E-state index is 0.0862. The maximum Gasteiger partial charge on any atom is 0.307 e. The van der Waals surface area contributed by atoms with E-state index in [4.69, 9.17) is 4.74 Å². The molecule has 1 aromatic heterocycles. The Hall–Kier alpha value is -3.47. The molecule has 1 amide bonds. The molecule has 30 heavy (non-hydrogen) atoms. The summed E-state index contributed by atoms with van der Waals surface area (Å²) in [4.78, 5) is 31.7. The van der Waals surface area contributed by atoms with E-state index in [9.17, 15) is 9.59 Å². The molecule has 152 valence electrons. The van der Waals surface area contributed by atoms with Gasteiger partial charge in [0.1, 0.15) is 5.60 Å². The standard InChI is InChI=1S/C25H24N2O3/c1-25(2)22(16-23(28)30-25)24(29)27(17-20-12-6-7-14-26-20)21-13-8-11-19(15-21)18-9-4-3-5-10-18/h3-15,22H,16-17H2,1-2H3. The lowest BCUT2D eigenvalue weighted by atomic mass is 9.89. The van der Waals surface area contributed by atoms with E-state index in [0.717, 1.165) is 22.5 Å². The van der Waals surface area contributed by atoms with Gasteiger partial charge < -0.3 is 9.64 Å². The lowest BCUT2D eigenvalue weighted by Gasteiger charge is -2.30. The first-order chi connectivity index (χ1) is 14.4. The Balaban J connectivity index is 1.73. The molecule has 2 heterocycles. The topological polar surface area (TPSA) is 59.5 Å². The van der Waals surface area contributed by atoms with Crippen LogP contribution in [0.5, 0.6) is 0 Å². The number of carbonyl (C=O) groups excluding carboxylic acids is 2. The highest BCUT2D eigenvalue weighted by atomic mass is 16.6. The molecular weight excluding hydrogens is 376 g/mol. The van der Waals surface area contributed by atoms with Crippen molar-refractivity contribution in [1.29, 1.82) is 0 Å². The Bertz CT molecular complexity index is 1050. The highest BCUT2D eigenvalue weighted by molar-refractivity contribution is 5.99. The van der Waals surface area contributed by atoms with E-state index in [1.807, 2.05) is 72.8 Å². The second-order valence-electron chi connectivity index (χ2n) is 8.00. The van der Waals surface area contributed by atoms with Crippen LogP contribution in [0.25, 0.3) is 11.1 Å². The zero-order valence-corrected chi connectivity index (χ0v) is 17.1. The Kier molecular flexibility index (Phi) is 5.36. The second-order valence-corrected chi connectivity index (χ2v) is 8.00. The van der Waals surface area contributed by atoms with Crippen LogP contribution in [0, 0.1) is 5.92 Å². The predicted molar refractivity (Wildman–Crippen MR) is 116 cm³/mol. The van der Waals surface area contributed by atoms with Crippen molar-refractivity contribution in [2.75, 3.05) is 4.90 Å². The number of aromatic nitrogens is 1. The highest BCUT2D eigenvalue weighted by Gasteiger charge is 2.47.